The lowest BCUT2D eigenvalue weighted by Gasteiger charge is -2.10. The maximum absolute atomic E-state index is 4.86. The first-order valence-corrected chi connectivity index (χ1v) is 7.41. The molecular formula is C18H17N3. The van der Waals surface area contributed by atoms with E-state index in [4.69, 9.17) is 4.98 Å². The molecule has 0 bridgehead atoms. The summed E-state index contributed by atoms with van der Waals surface area (Å²) in [4.78, 5) is 8.39. The average Bonchev–Trinajstić information content (AvgIpc) is 2.90. The topological polar surface area (TPSA) is 40.7 Å². The van der Waals surface area contributed by atoms with Gasteiger partial charge >= 0.3 is 0 Å². The molecule has 4 rings (SSSR count). The second-order valence-corrected chi connectivity index (χ2v) is 5.32. The van der Waals surface area contributed by atoms with Gasteiger partial charge in [0.25, 0.3) is 0 Å². The van der Waals surface area contributed by atoms with Crippen LogP contribution in [0.4, 0.5) is 5.69 Å². The quantitative estimate of drug-likeness (QED) is 0.569. The third-order valence-corrected chi connectivity index (χ3v) is 3.89. The van der Waals surface area contributed by atoms with E-state index in [1.54, 1.807) is 0 Å². The van der Waals surface area contributed by atoms with E-state index in [1.165, 1.54) is 10.8 Å². The Labute approximate surface area is 123 Å². The molecule has 0 aliphatic rings. The van der Waals surface area contributed by atoms with Crippen molar-refractivity contribution in [3.8, 4) is 0 Å². The van der Waals surface area contributed by atoms with Crippen molar-refractivity contribution in [3.05, 3.63) is 48.5 Å². The lowest BCUT2D eigenvalue weighted by Crippen LogP contribution is -2.01. The van der Waals surface area contributed by atoms with Gasteiger partial charge in [-0.3, -0.25) is 0 Å². The Morgan fingerprint density at radius 2 is 1.76 bits per heavy atom. The molecule has 3 nitrogen and oxygen atoms in total. The summed E-state index contributed by atoms with van der Waals surface area (Å²) in [5.74, 6) is 0. The van der Waals surface area contributed by atoms with E-state index in [9.17, 15) is 0 Å². The van der Waals surface area contributed by atoms with Gasteiger partial charge in [0.05, 0.1) is 22.2 Å². The number of aromatic nitrogens is 2. The zero-order chi connectivity index (χ0) is 14.2. The summed E-state index contributed by atoms with van der Waals surface area (Å²) in [6, 6.07) is 16.7. The molecule has 2 N–H and O–H groups in total. The molecule has 21 heavy (non-hydrogen) atoms. The minimum absolute atomic E-state index is 0.957. The van der Waals surface area contributed by atoms with Crippen LogP contribution in [0, 0.1) is 0 Å². The van der Waals surface area contributed by atoms with Crippen LogP contribution in [0.2, 0.25) is 0 Å². The maximum atomic E-state index is 4.86. The molecule has 0 radical (unpaired) electrons. The van der Waals surface area contributed by atoms with E-state index in [0.29, 0.717) is 0 Å². The van der Waals surface area contributed by atoms with E-state index in [1.807, 2.05) is 6.07 Å². The van der Waals surface area contributed by atoms with E-state index in [-0.39, 0.29) is 0 Å². The van der Waals surface area contributed by atoms with Crippen LogP contribution in [0.5, 0.6) is 0 Å². The van der Waals surface area contributed by atoms with Gasteiger partial charge < -0.3 is 10.3 Å². The van der Waals surface area contributed by atoms with Crippen LogP contribution in [-0.4, -0.2) is 16.5 Å². The SMILES string of the molecule is CCCNc1c2ccccc2nc2c1[nH]c1ccccc12. The molecule has 4 aromatic rings. The van der Waals surface area contributed by atoms with Crippen LogP contribution in [0.15, 0.2) is 48.5 Å². The summed E-state index contributed by atoms with van der Waals surface area (Å²) in [7, 11) is 0. The largest absolute Gasteiger partial charge is 0.383 e. The van der Waals surface area contributed by atoms with Crippen LogP contribution in [0.1, 0.15) is 13.3 Å². The molecule has 0 aliphatic carbocycles. The van der Waals surface area contributed by atoms with Crippen LogP contribution in [0.3, 0.4) is 0 Å². The normalized spacial score (nSPS) is 11.5. The molecule has 2 aromatic carbocycles. The average molecular weight is 275 g/mol. The Morgan fingerprint density at radius 3 is 2.62 bits per heavy atom. The second kappa shape index (κ2) is 4.77. The number of para-hydroxylation sites is 2. The van der Waals surface area contributed by atoms with Crippen molar-refractivity contribution in [2.75, 3.05) is 11.9 Å². The van der Waals surface area contributed by atoms with Crippen molar-refractivity contribution in [3.63, 3.8) is 0 Å². The van der Waals surface area contributed by atoms with Gasteiger partial charge in [-0.1, -0.05) is 43.3 Å². The minimum atomic E-state index is 0.957. The van der Waals surface area contributed by atoms with Crippen molar-refractivity contribution >= 4 is 38.5 Å². The molecule has 0 spiro atoms. The highest BCUT2D eigenvalue weighted by Crippen LogP contribution is 2.34. The minimum Gasteiger partial charge on any atom is -0.383 e. The zero-order valence-corrected chi connectivity index (χ0v) is 12.0. The molecule has 0 saturated carbocycles. The molecule has 0 aliphatic heterocycles. The zero-order valence-electron chi connectivity index (χ0n) is 12.0. The number of hydrogen-bond donors (Lipinski definition) is 2. The first kappa shape index (κ1) is 12.2. The predicted molar refractivity (Wildman–Crippen MR) is 89.9 cm³/mol. The first-order chi connectivity index (χ1) is 10.4. The summed E-state index contributed by atoms with van der Waals surface area (Å²) < 4.78 is 0. The van der Waals surface area contributed by atoms with Crippen LogP contribution in [-0.2, 0) is 0 Å². The number of H-pyrrole nitrogens is 1. The Balaban J connectivity index is 2.15. The van der Waals surface area contributed by atoms with Gasteiger partial charge in [-0.2, -0.15) is 0 Å². The number of aromatic amines is 1. The van der Waals surface area contributed by atoms with Gasteiger partial charge in [-0.25, -0.2) is 4.98 Å². The Bertz CT molecular complexity index is 937. The number of benzene rings is 2. The van der Waals surface area contributed by atoms with E-state index >= 15 is 0 Å². The lowest BCUT2D eigenvalue weighted by molar-refractivity contribution is 0.982. The Hall–Kier alpha value is -2.55. The third kappa shape index (κ3) is 1.85. The van der Waals surface area contributed by atoms with Gasteiger partial charge in [-0.05, 0) is 18.6 Å². The van der Waals surface area contributed by atoms with Crippen LogP contribution < -0.4 is 5.32 Å². The number of pyridine rings is 1. The van der Waals surface area contributed by atoms with E-state index in [0.717, 1.165) is 40.7 Å². The number of anilines is 1. The van der Waals surface area contributed by atoms with Gasteiger partial charge in [0, 0.05) is 22.8 Å². The maximum Gasteiger partial charge on any atom is 0.0986 e. The van der Waals surface area contributed by atoms with Crippen molar-refractivity contribution < 1.29 is 0 Å². The van der Waals surface area contributed by atoms with Crippen LogP contribution in [0.25, 0.3) is 32.8 Å². The Morgan fingerprint density at radius 1 is 1.00 bits per heavy atom. The number of nitrogens with zero attached hydrogens (tertiary/aromatic N) is 1. The summed E-state index contributed by atoms with van der Waals surface area (Å²) in [6.45, 7) is 3.14. The second-order valence-electron chi connectivity index (χ2n) is 5.32. The molecular weight excluding hydrogens is 258 g/mol. The number of nitrogens with one attached hydrogen (secondary N) is 2. The molecule has 0 atom stereocenters. The van der Waals surface area contributed by atoms with Crippen molar-refractivity contribution in [2.24, 2.45) is 0 Å². The molecule has 2 aromatic heterocycles. The highest BCUT2D eigenvalue weighted by Gasteiger charge is 2.13. The highest BCUT2D eigenvalue weighted by atomic mass is 14.9. The number of fused-ring (bicyclic) bond motifs is 4. The molecule has 0 fully saturated rings. The smallest absolute Gasteiger partial charge is 0.0986 e. The van der Waals surface area contributed by atoms with E-state index in [2.05, 4.69) is 59.7 Å². The molecule has 104 valence electrons. The molecule has 0 unspecified atom stereocenters. The summed E-state index contributed by atoms with van der Waals surface area (Å²) in [6.07, 6.45) is 1.10. The molecule has 2 heterocycles. The van der Waals surface area contributed by atoms with Gasteiger partial charge in [0.1, 0.15) is 0 Å². The van der Waals surface area contributed by atoms with E-state index < -0.39 is 0 Å². The fraction of sp³-hybridized carbons (Fsp3) is 0.167. The highest BCUT2D eigenvalue weighted by molar-refractivity contribution is 6.15. The molecule has 3 heteroatoms. The monoisotopic (exact) mass is 275 g/mol. The van der Waals surface area contributed by atoms with Gasteiger partial charge in [0.2, 0.25) is 0 Å². The molecule has 0 saturated heterocycles. The lowest BCUT2D eigenvalue weighted by atomic mass is 10.1. The van der Waals surface area contributed by atoms with Crippen molar-refractivity contribution in [1.29, 1.82) is 0 Å². The summed E-state index contributed by atoms with van der Waals surface area (Å²) in [5, 5.41) is 5.92. The van der Waals surface area contributed by atoms with Crippen molar-refractivity contribution in [1.82, 2.24) is 9.97 Å². The fourth-order valence-corrected chi connectivity index (χ4v) is 2.90. The number of hydrogen-bond acceptors (Lipinski definition) is 2. The summed E-state index contributed by atoms with van der Waals surface area (Å²) >= 11 is 0. The Kier molecular flexibility index (Phi) is 2.78. The summed E-state index contributed by atoms with van der Waals surface area (Å²) in [5.41, 5.74) is 5.48. The van der Waals surface area contributed by atoms with Crippen LogP contribution >= 0.6 is 0 Å². The fourth-order valence-electron chi connectivity index (χ4n) is 2.90. The van der Waals surface area contributed by atoms with Gasteiger partial charge in [-0.15, -0.1) is 0 Å². The van der Waals surface area contributed by atoms with Gasteiger partial charge in [0.15, 0.2) is 0 Å². The first-order valence-electron chi connectivity index (χ1n) is 7.41. The standard InChI is InChI=1S/C18H17N3/c1-2-11-19-16-12-7-3-5-9-14(12)20-17-13-8-4-6-10-15(13)21-18(16)17/h3-10,21H,2,11H2,1H3,(H,19,20). The molecule has 0 amide bonds. The number of rotatable bonds is 3. The van der Waals surface area contributed by atoms with Crippen molar-refractivity contribution in [2.45, 2.75) is 13.3 Å². The predicted octanol–water partition coefficient (Wildman–Crippen LogP) is 4.69. The third-order valence-electron chi connectivity index (χ3n) is 3.89.